The predicted octanol–water partition coefficient (Wildman–Crippen LogP) is 1.95. The maximum absolute atomic E-state index is 12.3. The van der Waals surface area contributed by atoms with E-state index in [1.165, 1.54) is 0 Å². The number of aryl methyl sites for hydroxylation is 1. The predicted molar refractivity (Wildman–Crippen MR) is 77.3 cm³/mol. The summed E-state index contributed by atoms with van der Waals surface area (Å²) in [5.41, 5.74) is 0.152. The lowest BCUT2D eigenvalue weighted by atomic mass is 10.0. The highest BCUT2D eigenvalue weighted by Gasteiger charge is 2.27. The normalized spacial score (nSPS) is 11.4. The molecule has 0 spiro atoms. The van der Waals surface area contributed by atoms with Crippen molar-refractivity contribution in [2.75, 3.05) is 0 Å². The topological polar surface area (TPSA) is 80.0 Å². The van der Waals surface area contributed by atoms with Crippen molar-refractivity contribution in [2.45, 2.75) is 19.4 Å². The molecule has 0 bridgehead atoms. The second kappa shape index (κ2) is 5.24. The lowest BCUT2D eigenvalue weighted by molar-refractivity contribution is 0.0907. The Hall–Kier alpha value is -1.89. The number of nitrogens with zero attached hydrogens (tertiary/aromatic N) is 3. The summed E-state index contributed by atoms with van der Waals surface area (Å²) in [6.07, 6.45) is 1.74. The van der Waals surface area contributed by atoms with Crippen molar-refractivity contribution in [1.82, 2.24) is 20.3 Å². The first-order valence-corrected chi connectivity index (χ1v) is 6.77. The molecule has 0 saturated heterocycles. The van der Waals surface area contributed by atoms with Crippen LogP contribution in [0.1, 0.15) is 29.9 Å². The quantitative estimate of drug-likeness (QED) is 0.896. The summed E-state index contributed by atoms with van der Waals surface area (Å²) in [4.78, 5) is 12.3. The van der Waals surface area contributed by atoms with E-state index in [9.17, 15) is 9.90 Å². The Morgan fingerprint density at radius 3 is 2.75 bits per heavy atom. The van der Waals surface area contributed by atoms with E-state index in [2.05, 4.69) is 31.6 Å². The lowest BCUT2D eigenvalue weighted by Crippen LogP contribution is -2.41. The van der Waals surface area contributed by atoms with E-state index in [-0.39, 0.29) is 17.2 Å². The fraction of sp³-hybridized carbons (Fsp3) is 0.308. The van der Waals surface area contributed by atoms with Crippen LogP contribution in [0.5, 0.6) is 5.75 Å². The summed E-state index contributed by atoms with van der Waals surface area (Å²) in [6.45, 7) is 3.65. The van der Waals surface area contributed by atoms with Crippen molar-refractivity contribution in [3.8, 4) is 5.75 Å². The summed E-state index contributed by atoms with van der Waals surface area (Å²) >= 11 is 3.19. The Balaban J connectivity index is 2.25. The monoisotopic (exact) mass is 338 g/mol. The summed E-state index contributed by atoms with van der Waals surface area (Å²) in [6, 6.07) is 4.91. The Kier molecular flexibility index (Phi) is 3.80. The summed E-state index contributed by atoms with van der Waals surface area (Å²) in [5.74, 6) is -0.459. The SMILES string of the molecule is Cn1cc(C(C)(C)NC(=O)c2cccc(Br)c2O)nn1. The number of phenols is 1. The number of aromatic nitrogens is 3. The van der Waals surface area contributed by atoms with Crippen molar-refractivity contribution in [2.24, 2.45) is 7.05 Å². The minimum atomic E-state index is -0.694. The maximum atomic E-state index is 12.3. The van der Waals surface area contributed by atoms with Gasteiger partial charge in [0.15, 0.2) is 0 Å². The number of rotatable bonds is 3. The largest absolute Gasteiger partial charge is 0.506 e. The lowest BCUT2D eigenvalue weighted by Gasteiger charge is -2.24. The van der Waals surface area contributed by atoms with Gasteiger partial charge in [0.25, 0.3) is 5.91 Å². The van der Waals surface area contributed by atoms with Crippen LogP contribution in [0.4, 0.5) is 0 Å². The molecular weight excluding hydrogens is 324 g/mol. The van der Waals surface area contributed by atoms with Gasteiger partial charge >= 0.3 is 0 Å². The molecule has 2 aromatic rings. The van der Waals surface area contributed by atoms with Gasteiger partial charge in [-0.3, -0.25) is 9.48 Å². The van der Waals surface area contributed by atoms with Gasteiger partial charge in [-0.2, -0.15) is 0 Å². The van der Waals surface area contributed by atoms with Gasteiger partial charge in [0, 0.05) is 7.05 Å². The fourth-order valence-electron chi connectivity index (χ4n) is 1.75. The molecule has 0 unspecified atom stereocenters. The molecule has 0 atom stereocenters. The number of hydrogen-bond acceptors (Lipinski definition) is 4. The van der Waals surface area contributed by atoms with Crippen LogP contribution in [0, 0.1) is 0 Å². The first-order valence-electron chi connectivity index (χ1n) is 5.98. The van der Waals surface area contributed by atoms with Gasteiger partial charge < -0.3 is 10.4 Å². The van der Waals surface area contributed by atoms with Crippen molar-refractivity contribution < 1.29 is 9.90 Å². The van der Waals surface area contributed by atoms with Gasteiger partial charge in [-0.05, 0) is 41.9 Å². The van der Waals surface area contributed by atoms with Crippen molar-refractivity contribution in [3.05, 3.63) is 40.1 Å². The number of halogens is 1. The first kappa shape index (κ1) is 14.5. The molecule has 0 fully saturated rings. The number of para-hydroxylation sites is 1. The number of aromatic hydroxyl groups is 1. The van der Waals surface area contributed by atoms with E-state index < -0.39 is 5.54 Å². The maximum Gasteiger partial charge on any atom is 0.255 e. The summed E-state index contributed by atoms with van der Waals surface area (Å²) < 4.78 is 2.04. The third-order valence-electron chi connectivity index (χ3n) is 2.90. The number of phenolic OH excluding ortho intramolecular Hbond substituents is 1. The van der Waals surface area contributed by atoms with Crippen LogP contribution in [-0.2, 0) is 12.6 Å². The van der Waals surface area contributed by atoms with Crippen molar-refractivity contribution >= 4 is 21.8 Å². The van der Waals surface area contributed by atoms with Crippen molar-refractivity contribution in [3.63, 3.8) is 0 Å². The Morgan fingerprint density at radius 2 is 2.15 bits per heavy atom. The van der Waals surface area contributed by atoms with Gasteiger partial charge in [0.05, 0.1) is 21.8 Å². The molecule has 106 valence electrons. The van der Waals surface area contributed by atoms with Crippen LogP contribution in [0.25, 0.3) is 0 Å². The van der Waals surface area contributed by atoms with E-state index in [4.69, 9.17) is 0 Å². The average Bonchev–Trinajstić information content (AvgIpc) is 2.79. The zero-order chi connectivity index (χ0) is 14.9. The van der Waals surface area contributed by atoms with E-state index >= 15 is 0 Å². The molecule has 6 nitrogen and oxygen atoms in total. The number of amides is 1. The van der Waals surface area contributed by atoms with Crippen LogP contribution in [0.15, 0.2) is 28.9 Å². The third-order valence-corrected chi connectivity index (χ3v) is 3.54. The van der Waals surface area contributed by atoms with E-state index in [1.807, 2.05) is 13.8 Å². The molecule has 1 aromatic carbocycles. The Bertz CT molecular complexity index is 652. The number of carbonyl (C=O) groups is 1. The molecule has 0 saturated carbocycles. The number of benzene rings is 1. The second-order valence-electron chi connectivity index (χ2n) is 4.99. The third kappa shape index (κ3) is 2.82. The van der Waals surface area contributed by atoms with Gasteiger partial charge in [0.1, 0.15) is 11.4 Å². The minimum absolute atomic E-state index is 0.0834. The molecule has 20 heavy (non-hydrogen) atoms. The van der Waals surface area contributed by atoms with Gasteiger partial charge in [-0.25, -0.2) is 0 Å². The van der Waals surface area contributed by atoms with E-state index in [1.54, 1.807) is 36.1 Å². The molecule has 7 heteroatoms. The zero-order valence-corrected chi connectivity index (χ0v) is 13.0. The molecule has 1 heterocycles. The minimum Gasteiger partial charge on any atom is -0.506 e. The average molecular weight is 339 g/mol. The molecule has 0 aliphatic rings. The van der Waals surface area contributed by atoms with Crippen LogP contribution in [0.2, 0.25) is 0 Å². The van der Waals surface area contributed by atoms with Gasteiger partial charge in [0.2, 0.25) is 0 Å². The molecule has 1 aromatic heterocycles. The summed E-state index contributed by atoms with van der Waals surface area (Å²) in [5, 5.41) is 20.6. The molecule has 1 amide bonds. The second-order valence-corrected chi connectivity index (χ2v) is 5.85. The van der Waals surface area contributed by atoms with Crippen LogP contribution in [0.3, 0.4) is 0 Å². The molecule has 0 radical (unpaired) electrons. The van der Waals surface area contributed by atoms with Crippen LogP contribution in [-0.4, -0.2) is 26.0 Å². The Labute approximate surface area is 124 Å². The highest BCUT2D eigenvalue weighted by Crippen LogP contribution is 2.28. The standard InChI is InChI=1S/C13H15BrN4O2/c1-13(2,10-7-18(3)17-16-10)15-12(20)8-5-4-6-9(14)11(8)19/h4-7,19H,1-3H3,(H,15,20). The Morgan fingerprint density at radius 1 is 1.45 bits per heavy atom. The number of carbonyl (C=O) groups excluding carboxylic acids is 1. The van der Waals surface area contributed by atoms with Gasteiger partial charge in [-0.15, -0.1) is 5.10 Å². The number of nitrogens with one attached hydrogen (secondary N) is 1. The zero-order valence-electron chi connectivity index (χ0n) is 11.4. The van der Waals surface area contributed by atoms with Gasteiger partial charge in [-0.1, -0.05) is 11.3 Å². The molecular formula is C13H15BrN4O2. The van der Waals surface area contributed by atoms with Crippen LogP contribution < -0.4 is 5.32 Å². The molecule has 0 aliphatic heterocycles. The van der Waals surface area contributed by atoms with E-state index in [0.29, 0.717) is 10.2 Å². The molecule has 2 rings (SSSR count). The molecule has 0 aliphatic carbocycles. The smallest absolute Gasteiger partial charge is 0.255 e. The highest BCUT2D eigenvalue weighted by atomic mass is 79.9. The summed E-state index contributed by atoms with van der Waals surface area (Å²) in [7, 11) is 1.76. The fourth-order valence-corrected chi connectivity index (χ4v) is 2.11. The van der Waals surface area contributed by atoms with Crippen molar-refractivity contribution in [1.29, 1.82) is 0 Å². The first-order chi connectivity index (χ1) is 9.31. The highest BCUT2D eigenvalue weighted by molar-refractivity contribution is 9.10. The number of hydrogen-bond donors (Lipinski definition) is 2. The van der Waals surface area contributed by atoms with E-state index in [0.717, 1.165) is 0 Å². The van der Waals surface area contributed by atoms with Crippen LogP contribution >= 0.6 is 15.9 Å². The molecule has 2 N–H and O–H groups in total.